The summed E-state index contributed by atoms with van der Waals surface area (Å²) < 4.78 is 13.2. The highest BCUT2D eigenvalue weighted by Crippen LogP contribution is 2.26. The molecule has 0 bridgehead atoms. The van der Waals surface area contributed by atoms with Gasteiger partial charge in [-0.1, -0.05) is 28.1 Å². The lowest BCUT2D eigenvalue weighted by molar-refractivity contribution is 0.455. The first-order valence-electron chi connectivity index (χ1n) is 5.96. The van der Waals surface area contributed by atoms with Crippen molar-refractivity contribution in [1.29, 1.82) is 0 Å². The molecule has 1 heterocycles. The molecule has 0 amide bonds. The highest BCUT2D eigenvalue weighted by Gasteiger charge is 2.28. The van der Waals surface area contributed by atoms with Crippen LogP contribution in [0.25, 0.3) is 0 Å². The summed E-state index contributed by atoms with van der Waals surface area (Å²) in [7, 11) is -0.738. The Balaban J connectivity index is 2.30. The second-order valence-corrected chi connectivity index (χ2v) is 7.51. The largest absolute Gasteiger partial charge is 0.306 e. The first-order valence-corrected chi connectivity index (χ1v) is 8.14. The maximum Gasteiger partial charge on any atom is 0.0514 e. The molecule has 4 heteroatoms. The van der Waals surface area contributed by atoms with E-state index in [9.17, 15) is 4.21 Å². The van der Waals surface area contributed by atoms with E-state index in [4.69, 9.17) is 0 Å². The summed E-state index contributed by atoms with van der Waals surface area (Å²) in [6.45, 7) is 4.24. The first-order chi connectivity index (χ1) is 8.08. The van der Waals surface area contributed by atoms with Gasteiger partial charge in [0.25, 0.3) is 0 Å². The van der Waals surface area contributed by atoms with Gasteiger partial charge in [-0.15, -0.1) is 0 Å². The van der Waals surface area contributed by atoms with Gasteiger partial charge in [-0.3, -0.25) is 4.21 Å². The summed E-state index contributed by atoms with van der Waals surface area (Å²) in [5, 5.41) is 3.75. The van der Waals surface area contributed by atoms with E-state index < -0.39 is 10.8 Å². The van der Waals surface area contributed by atoms with E-state index >= 15 is 0 Å². The number of nitrogens with one attached hydrogen (secondary N) is 1. The Labute approximate surface area is 114 Å². The third-order valence-electron chi connectivity index (χ3n) is 3.31. The van der Waals surface area contributed by atoms with Crippen molar-refractivity contribution in [2.75, 3.05) is 5.75 Å². The highest BCUT2D eigenvalue weighted by molar-refractivity contribution is 9.10. The lowest BCUT2D eigenvalue weighted by Crippen LogP contribution is -2.34. The molecule has 0 saturated carbocycles. The Hall–Kier alpha value is -0.190. The molecule has 0 spiro atoms. The van der Waals surface area contributed by atoms with Crippen molar-refractivity contribution in [3.63, 3.8) is 0 Å². The Bertz CT molecular complexity index is 424. The SMILES string of the molecule is CC1CCS(=O)C(C)C(c2cccc(Br)c2)N1. The summed E-state index contributed by atoms with van der Waals surface area (Å²) in [6, 6.07) is 8.88. The van der Waals surface area contributed by atoms with Gasteiger partial charge in [-0.25, -0.2) is 0 Å². The van der Waals surface area contributed by atoms with Gasteiger partial charge >= 0.3 is 0 Å². The molecule has 0 radical (unpaired) electrons. The van der Waals surface area contributed by atoms with Gasteiger partial charge in [0, 0.05) is 33.1 Å². The number of rotatable bonds is 1. The highest BCUT2D eigenvalue weighted by atomic mass is 79.9. The van der Waals surface area contributed by atoms with E-state index in [1.165, 1.54) is 5.56 Å². The molecule has 4 atom stereocenters. The maximum atomic E-state index is 12.1. The van der Waals surface area contributed by atoms with Crippen LogP contribution in [-0.2, 0) is 10.8 Å². The molecular weight excluding hydrogens is 298 g/mol. The molecular formula is C13H18BrNOS. The molecule has 1 N–H and O–H groups in total. The minimum Gasteiger partial charge on any atom is -0.306 e. The third kappa shape index (κ3) is 3.18. The van der Waals surface area contributed by atoms with E-state index in [0.29, 0.717) is 6.04 Å². The lowest BCUT2D eigenvalue weighted by atomic mass is 10.0. The molecule has 4 unspecified atom stereocenters. The van der Waals surface area contributed by atoms with Crippen molar-refractivity contribution in [2.45, 2.75) is 37.6 Å². The topological polar surface area (TPSA) is 29.1 Å². The van der Waals surface area contributed by atoms with Crippen LogP contribution in [0.1, 0.15) is 31.9 Å². The Morgan fingerprint density at radius 3 is 2.88 bits per heavy atom. The summed E-state index contributed by atoms with van der Waals surface area (Å²) in [4.78, 5) is 0. The minimum absolute atomic E-state index is 0.161. The van der Waals surface area contributed by atoms with Gasteiger partial charge < -0.3 is 5.32 Å². The quantitative estimate of drug-likeness (QED) is 0.863. The normalized spacial score (nSPS) is 34.3. The van der Waals surface area contributed by atoms with Crippen LogP contribution in [0.2, 0.25) is 0 Å². The van der Waals surface area contributed by atoms with E-state index in [2.05, 4.69) is 47.2 Å². The standard InChI is InChI=1S/C13H18BrNOS/c1-9-6-7-17(16)10(2)13(15-9)11-4-3-5-12(14)8-11/h3-5,8-10,13,15H,6-7H2,1-2H3. The van der Waals surface area contributed by atoms with Crippen molar-refractivity contribution < 1.29 is 4.21 Å². The number of halogens is 1. The lowest BCUT2D eigenvalue weighted by Gasteiger charge is -2.24. The maximum absolute atomic E-state index is 12.1. The van der Waals surface area contributed by atoms with E-state index in [1.54, 1.807) is 0 Å². The molecule has 0 aromatic heterocycles. The zero-order chi connectivity index (χ0) is 12.4. The fourth-order valence-corrected chi connectivity index (χ4v) is 4.14. The van der Waals surface area contributed by atoms with Gasteiger partial charge in [0.2, 0.25) is 0 Å². The molecule has 1 fully saturated rings. The van der Waals surface area contributed by atoms with Gasteiger partial charge in [-0.2, -0.15) is 0 Å². The number of benzene rings is 1. The second kappa shape index (κ2) is 5.63. The van der Waals surface area contributed by atoms with E-state index in [-0.39, 0.29) is 11.3 Å². The molecule has 94 valence electrons. The Morgan fingerprint density at radius 2 is 2.18 bits per heavy atom. The smallest absolute Gasteiger partial charge is 0.0514 e. The summed E-state index contributed by atoms with van der Waals surface area (Å²) in [6.07, 6.45) is 0.988. The molecule has 2 rings (SSSR count). The molecule has 1 aromatic rings. The fourth-order valence-electron chi connectivity index (χ4n) is 2.22. The molecule has 1 aliphatic heterocycles. The van der Waals surface area contributed by atoms with Crippen molar-refractivity contribution >= 4 is 26.7 Å². The molecule has 17 heavy (non-hydrogen) atoms. The third-order valence-corrected chi connectivity index (χ3v) is 5.54. The van der Waals surface area contributed by atoms with Gasteiger partial charge in [-0.05, 0) is 38.0 Å². The van der Waals surface area contributed by atoms with Crippen LogP contribution in [0.3, 0.4) is 0 Å². The number of hydrogen-bond acceptors (Lipinski definition) is 2. The fraction of sp³-hybridized carbons (Fsp3) is 0.538. The predicted octanol–water partition coefficient (Wildman–Crippen LogP) is 3.01. The second-order valence-electron chi connectivity index (χ2n) is 4.68. The van der Waals surface area contributed by atoms with Crippen LogP contribution in [-0.4, -0.2) is 21.3 Å². The summed E-state index contributed by atoms with van der Waals surface area (Å²) in [5.74, 6) is 0.805. The average molecular weight is 316 g/mol. The van der Waals surface area contributed by atoms with Crippen molar-refractivity contribution in [3.05, 3.63) is 34.3 Å². The van der Waals surface area contributed by atoms with Crippen LogP contribution in [0, 0.1) is 0 Å². The van der Waals surface area contributed by atoms with Crippen LogP contribution in [0.5, 0.6) is 0 Å². The van der Waals surface area contributed by atoms with Gasteiger partial charge in [0.05, 0.1) is 5.25 Å². The first kappa shape index (κ1) is 13.2. The molecule has 1 saturated heterocycles. The van der Waals surface area contributed by atoms with Crippen LogP contribution < -0.4 is 5.32 Å². The molecule has 0 aliphatic carbocycles. The zero-order valence-electron chi connectivity index (χ0n) is 10.2. The van der Waals surface area contributed by atoms with E-state index in [1.807, 2.05) is 12.1 Å². The van der Waals surface area contributed by atoms with Crippen LogP contribution in [0.4, 0.5) is 0 Å². The monoisotopic (exact) mass is 315 g/mol. The average Bonchev–Trinajstić information content (AvgIpc) is 2.43. The van der Waals surface area contributed by atoms with Crippen molar-refractivity contribution in [2.24, 2.45) is 0 Å². The van der Waals surface area contributed by atoms with Gasteiger partial charge in [0.15, 0.2) is 0 Å². The van der Waals surface area contributed by atoms with Crippen LogP contribution >= 0.6 is 15.9 Å². The summed E-state index contributed by atoms with van der Waals surface area (Å²) >= 11 is 3.49. The molecule has 2 nitrogen and oxygen atoms in total. The number of hydrogen-bond donors (Lipinski definition) is 1. The van der Waals surface area contributed by atoms with Crippen LogP contribution in [0.15, 0.2) is 28.7 Å². The summed E-state index contributed by atoms with van der Waals surface area (Å²) in [5.41, 5.74) is 1.22. The zero-order valence-corrected chi connectivity index (χ0v) is 12.6. The Morgan fingerprint density at radius 1 is 1.41 bits per heavy atom. The van der Waals surface area contributed by atoms with Crippen molar-refractivity contribution in [1.82, 2.24) is 5.32 Å². The van der Waals surface area contributed by atoms with E-state index in [0.717, 1.165) is 16.6 Å². The van der Waals surface area contributed by atoms with Crippen molar-refractivity contribution in [3.8, 4) is 0 Å². The molecule has 1 aromatic carbocycles. The molecule has 1 aliphatic rings. The van der Waals surface area contributed by atoms with Gasteiger partial charge in [0.1, 0.15) is 0 Å². The predicted molar refractivity (Wildman–Crippen MR) is 76.6 cm³/mol. The minimum atomic E-state index is -0.738. The Kier molecular flexibility index (Phi) is 4.39.